The highest BCUT2D eigenvalue weighted by atomic mass is 35.5. The number of nitrogens with zero attached hydrogens (tertiary/aromatic N) is 1. The van der Waals surface area contributed by atoms with Crippen molar-refractivity contribution in [3.63, 3.8) is 0 Å². The van der Waals surface area contributed by atoms with Crippen molar-refractivity contribution in [3.05, 3.63) is 34.9 Å². The Morgan fingerprint density at radius 1 is 1.31 bits per heavy atom. The van der Waals surface area contributed by atoms with E-state index in [0.717, 1.165) is 24.7 Å². The smallest absolute Gasteiger partial charge is 0.0794 e. The van der Waals surface area contributed by atoms with Gasteiger partial charge in [0.1, 0.15) is 0 Å². The van der Waals surface area contributed by atoms with Crippen LogP contribution in [-0.2, 0) is 6.54 Å². The van der Waals surface area contributed by atoms with E-state index in [2.05, 4.69) is 4.90 Å². The summed E-state index contributed by atoms with van der Waals surface area (Å²) in [6, 6.07) is 7.83. The molecule has 0 atom stereocenters. The molecule has 1 fully saturated rings. The molecule has 2 rings (SSSR count). The molecular formula is C10H12ClNO. The Balaban J connectivity index is 1.91. The fourth-order valence-electron chi connectivity index (χ4n) is 1.52. The summed E-state index contributed by atoms with van der Waals surface area (Å²) in [4.78, 5) is 2.20. The van der Waals surface area contributed by atoms with Gasteiger partial charge in [-0.25, -0.2) is 0 Å². The van der Waals surface area contributed by atoms with Gasteiger partial charge in [0.15, 0.2) is 0 Å². The third-order valence-corrected chi connectivity index (χ3v) is 2.51. The molecule has 0 saturated carbocycles. The van der Waals surface area contributed by atoms with E-state index in [1.54, 1.807) is 0 Å². The van der Waals surface area contributed by atoms with Crippen LogP contribution in [0.4, 0.5) is 0 Å². The highest BCUT2D eigenvalue weighted by Crippen LogP contribution is 2.15. The Bertz CT molecular complexity index is 279. The van der Waals surface area contributed by atoms with Crippen molar-refractivity contribution in [2.75, 3.05) is 13.1 Å². The largest absolute Gasteiger partial charge is 0.390 e. The summed E-state index contributed by atoms with van der Waals surface area (Å²) in [5.41, 5.74) is 1.25. The van der Waals surface area contributed by atoms with E-state index in [4.69, 9.17) is 16.7 Å². The van der Waals surface area contributed by atoms with Crippen molar-refractivity contribution < 1.29 is 5.11 Å². The molecule has 1 heterocycles. The SMILES string of the molecule is OC1CN(Cc2ccc(Cl)cc2)C1. The maximum absolute atomic E-state index is 9.08. The van der Waals surface area contributed by atoms with Crippen LogP contribution in [0.15, 0.2) is 24.3 Å². The van der Waals surface area contributed by atoms with Gasteiger partial charge in [0, 0.05) is 24.7 Å². The van der Waals surface area contributed by atoms with E-state index in [1.165, 1.54) is 5.56 Å². The summed E-state index contributed by atoms with van der Waals surface area (Å²) in [6.45, 7) is 2.50. The van der Waals surface area contributed by atoms with Gasteiger partial charge in [-0.05, 0) is 17.7 Å². The molecule has 3 heteroatoms. The van der Waals surface area contributed by atoms with Gasteiger partial charge in [0.25, 0.3) is 0 Å². The molecule has 0 aromatic heterocycles. The average Bonchev–Trinajstić information content (AvgIpc) is 2.06. The van der Waals surface area contributed by atoms with Crippen LogP contribution in [0.5, 0.6) is 0 Å². The molecule has 1 aliphatic heterocycles. The molecule has 1 saturated heterocycles. The molecule has 0 bridgehead atoms. The molecule has 13 heavy (non-hydrogen) atoms. The Kier molecular flexibility index (Phi) is 2.54. The molecule has 0 unspecified atom stereocenters. The van der Waals surface area contributed by atoms with Crippen LogP contribution in [0.3, 0.4) is 0 Å². The van der Waals surface area contributed by atoms with E-state index in [0.29, 0.717) is 0 Å². The topological polar surface area (TPSA) is 23.5 Å². The minimum atomic E-state index is -0.118. The van der Waals surface area contributed by atoms with E-state index < -0.39 is 0 Å². The second kappa shape index (κ2) is 3.66. The fraction of sp³-hybridized carbons (Fsp3) is 0.400. The van der Waals surface area contributed by atoms with Crippen LogP contribution in [0, 0.1) is 0 Å². The van der Waals surface area contributed by atoms with Crippen molar-refractivity contribution in [1.82, 2.24) is 4.90 Å². The molecule has 0 radical (unpaired) electrons. The number of β-amino-alcohol motifs (C(OH)–C–C–N with tert-alkyl or cyclic N) is 1. The van der Waals surface area contributed by atoms with Crippen LogP contribution < -0.4 is 0 Å². The lowest BCUT2D eigenvalue weighted by molar-refractivity contribution is -0.00286. The van der Waals surface area contributed by atoms with Crippen LogP contribution in [0.25, 0.3) is 0 Å². The van der Waals surface area contributed by atoms with Gasteiger partial charge < -0.3 is 5.11 Å². The zero-order valence-electron chi connectivity index (χ0n) is 7.28. The second-order valence-corrected chi connectivity index (χ2v) is 3.91. The van der Waals surface area contributed by atoms with Gasteiger partial charge in [-0.2, -0.15) is 0 Å². The lowest BCUT2D eigenvalue weighted by Gasteiger charge is -2.35. The molecule has 0 spiro atoms. The molecular weight excluding hydrogens is 186 g/mol. The summed E-state index contributed by atoms with van der Waals surface area (Å²) in [7, 11) is 0. The first-order chi connectivity index (χ1) is 6.24. The van der Waals surface area contributed by atoms with Crippen LogP contribution in [-0.4, -0.2) is 29.2 Å². The average molecular weight is 198 g/mol. The molecule has 0 amide bonds. The lowest BCUT2D eigenvalue weighted by Crippen LogP contribution is -2.49. The molecule has 2 nitrogen and oxygen atoms in total. The van der Waals surface area contributed by atoms with Crippen LogP contribution >= 0.6 is 11.6 Å². The predicted octanol–water partition coefficient (Wildman–Crippen LogP) is 1.52. The zero-order valence-corrected chi connectivity index (χ0v) is 8.04. The van der Waals surface area contributed by atoms with E-state index in [1.807, 2.05) is 24.3 Å². The Morgan fingerprint density at radius 2 is 1.92 bits per heavy atom. The first-order valence-corrected chi connectivity index (χ1v) is 4.77. The third kappa shape index (κ3) is 2.21. The quantitative estimate of drug-likeness (QED) is 0.777. The van der Waals surface area contributed by atoms with Gasteiger partial charge in [0.2, 0.25) is 0 Å². The number of hydrogen-bond acceptors (Lipinski definition) is 2. The lowest BCUT2D eigenvalue weighted by atomic mass is 10.1. The normalized spacial score (nSPS) is 18.6. The monoisotopic (exact) mass is 197 g/mol. The first kappa shape index (κ1) is 9.00. The Labute approximate surface area is 82.7 Å². The van der Waals surface area contributed by atoms with Gasteiger partial charge in [-0.1, -0.05) is 23.7 Å². The third-order valence-electron chi connectivity index (χ3n) is 2.26. The summed E-state index contributed by atoms with van der Waals surface area (Å²) in [5, 5.41) is 9.85. The maximum atomic E-state index is 9.08. The minimum absolute atomic E-state index is 0.118. The molecule has 0 aliphatic carbocycles. The molecule has 70 valence electrons. The Morgan fingerprint density at radius 3 is 2.46 bits per heavy atom. The number of rotatable bonds is 2. The minimum Gasteiger partial charge on any atom is -0.390 e. The van der Waals surface area contributed by atoms with Crippen molar-refractivity contribution in [2.24, 2.45) is 0 Å². The van der Waals surface area contributed by atoms with Gasteiger partial charge in [0.05, 0.1) is 6.10 Å². The fourth-order valence-corrected chi connectivity index (χ4v) is 1.65. The Hall–Kier alpha value is -0.570. The van der Waals surface area contributed by atoms with Crippen molar-refractivity contribution in [3.8, 4) is 0 Å². The van der Waals surface area contributed by atoms with Crippen LogP contribution in [0.2, 0.25) is 5.02 Å². The first-order valence-electron chi connectivity index (χ1n) is 4.39. The zero-order chi connectivity index (χ0) is 9.26. The van der Waals surface area contributed by atoms with E-state index in [9.17, 15) is 0 Å². The summed E-state index contributed by atoms with van der Waals surface area (Å²) < 4.78 is 0. The summed E-state index contributed by atoms with van der Waals surface area (Å²) in [6.07, 6.45) is -0.118. The van der Waals surface area contributed by atoms with Crippen LogP contribution in [0.1, 0.15) is 5.56 Å². The summed E-state index contributed by atoms with van der Waals surface area (Å²) >= 11 is 5.77. The van der Waals surface area contributed by atoms with Gasteiger partial charge in [-0.3, -0.25) is 4.90 Å². The highest BCUT2D eigenvalue weighted by Gasteiger charge is 2.23. The highest BCUT2D eigenvalue weighted by molar-refractivity contribution is 6.30. The van der Waals surface area contributed by atoms with Crippen molar-refractivity contribution >= 4 is 11.6 Å². The van der Waals surface area contributed by atoms with Gasteiger partial charge in [-0.15, -0.1) is 0 Å². The van der Waals surface area contributed by atoms with Gasteiger partial charge >= 0.3 is 0 Å². The summed E-state index contributed by atoms with van der Waals surface area (Å²) in [5.74, 6) is 0. The number of likely N-dealkylation sites (tertiary alicyclic amines) is 1. The van der Waals surface area contributed by atoms with Crippen molar-refractivity contribution in [1.29, 1.82) is 0 Å². The van der Waals surface area contributed by atoms with E-state index >= 15 is 0 Å². The number of halogens is 1. The number of benzene rings is 1. The van der Waals surface area contributed by atoms with Crippen molar-refractivity contribution in [2.45, 2.75) is 12.6 Å². The number of hydrogen-bond donors (Lipinski definition) is 1. The van der Waals surface area contributed by atoms with E-state index in [-0.39, 0.29) is 6.10 Å². The number of aliphatic hydroxyl groups excluding tert-OH is 1. The molecule has 1 aliphatic rings. The second-order valence-electron chi connectivity index (χ2n) is 3.47. The standard InChI is InChI=1S/C10H12ClNO/c11-9-3-1-8(2-4-9)5-12-6-10(13)7-12/h1-4,10,13H,5-7H2. The number of aliphatic hydroxyl groups is 1. The maximum Gasteiger partial charge on any atom is 0.0794 e. The molecule has 1 aromatic carbocycles. The predicted molar refractivity (Wildman–Crippen MR) is 52.7 cm³/mol. The molecule has 1 aromatic rings. The molecule has 1 N–H and O–H groups in total.